The van der Waals surface area contributed by atoms with Gasteiger partial charge in [0.15, 0.2) is 23.0 Å². The van der Waals surface area contributed by atoms with Crippen LogP contribution in [0.15, 0.2) is 36.4 Å². The number of fused-ring (bicyclic) bond motifs is 1. The number of aromatic carboxylic acids is 1. The van der Waals surface area contributed by atoms with Crippen molar-refractivity contribution >= 4 is 22.7 Å². The number of carbonyl (C=O) groups excluding carboxylic acids is 1. The van der Waals surface area contributed by atoms with Crippen LogP contribution in [0, 0.1) is 0 Å². The van der Waals surface area contributed by atoms with Crippen molar-refractivity contribution in [1.82, 2.24) is 0 Å². The Morgan fingerprint density at radius 2 is 1.41 bits per heavy atom. The van der Waals surface area contributed by atoms with E-state index in [-0.39, 0.29) is 17.7 Å². The minimum absolute atomic E-state index is 0.0636. The fourth-order valence-corrected chi connectivity index (χ4v) is 3.60. The normalized spacial score (nSPS) is 10.5. The molecule has 0 fully saturated rings. The van der Waals surface area contributed by atoms with E-state index < -0.39 is 11.9 Å². The second-order valence-electron chi connectivity index (χ2n) is 6.70. The summed E-state index contributed by atoms with van der Waals surface area (Å²) in [6.07, 6.45) is 0. The smallest absolute Gasteiger partial charge is 0.339 e. The van der Waals surface area contributed by atoms with E-state index in [0.717, 1.165) is 0 Å². The molecule has 0 heterocycles. The topological polar surface area (TPSA) is 101 Å². The predicted octanol–water partition coefficient (Wildman–Crippen LogP) is 4.42. The molecule has 0 amide bonds. The van der Waals surface area contributed by atoms with Gasteiger partial charge in [-0.25, -0.2) is 9.59 Å². The van der Waals surface area contributed by atoms with Crippen LogP contribution in [-0.2, 0) is 4.74 Å². The van der Waals surface area contributed by atoms with Gasteiger partial charge in [-0.2, -0.15) is 0 Å². The Hall–Kier alpha value is -3.94. The number of carboxylic acids is 1. The molecule has 0 unspecified atom stereocenters. The minimum Gasteiger partial charge on any atom is -0.493 e. The molecule has 3 aromatic carbocycles. The Bertz CT molecular complexity index is 1180. The van der Waals surface area contributed by atoms with Crippen molar-refractivity contribution in [2.45, 2.75) is 6.92 Å². The molecule has 8 heteroatoms. The van der Waals surface area contributed by atoms with Crippen molar-refractivity contribution in [2.75, 3.05) is 35.0 Å². The van der Waals surface area contributed by atoms with Crippen LogP contribution in [0.2, 0.25) is 0 Å². The molecule has 0 atom stereocenters. The first-order chi connectivity index (χ1) is 15.4. The van der Waals surface area contributed by atoms with Crippen LogP contribution in [0.1, 0.15) is 27.6 Å². The number of ether oxygens (including phenoxy) is 5. The Morgan fingerprint density at radius 3 is 1.97 bits per heavy atom. The maximum atomic E-state index is 13.0. The maximum absolute atomic E-state index is 13.0. The van der Waals surface area contributed by atoms with E-state index >= 15 is 0 Å². The number of benzene rings is 3. The van der Waals surface area contributed by atoms with Gasteiger partial charge in [0.25, 0.3) is 0 Å². The van der Waals surface area contributed by atoms with Crippen molar-refractivity contribution in [3.63, 3.8) is 0 Å². The van der Waals surface area contributed by atoms with Gasteiger partial charge in [-0.3, -0.25) is 0 Å². The predicted molar refractivity (Wildman–Crippen MR) is 119 cm³/mol. The summed E-state index contributed by atoms with van der Waals surface area (Å²) < 4.78 is 26.8. The molecule has 3 rings (SSSR count). The van der Waals surface area contributed by atoms with Gasteiger partial charge < -0.3 is 28.8 Å². The summed E-state index contributed by atoms with van der Waals surface area (Å²) in [5.74, 6) is -0.225. The first kappa shape index (κ1) is 22.7. The highest BCUT2D eigenvalue weighted by Crippen LogP contribution is 2.42. The molecule has 0 bridgehead atoms. The maximum Gasteiger partial charge on any atom is 0.339 e. The SMILES string of the molecule is CCOC(=O)c1c(C(=O)O)cc2cc(OC)c(OC)cc2c1-c1ccc(OC)c(OC)c1. The van der Waals surface area contributed by atoms with Crippen molar-refractivity contribution in [1.29, 1.82) is 0 Å². The molecule has 0 saturated carbocycles. The Kier molecular flexibility index (Phi) is 6.73. The lowest BCUT2D eigenvalue weighted by Gasteiger charge is -2.18. The van der Waals surface area contributed by atoms with Crippen LogP contribution in [0.25, 0.3) is 21.9 Å². The highest BCUT2D eigenvalue weighted by Gasteiger charge is 2.27. The van der Waals surface area contributed by atoms with E-state index in [0.29, 0.717) is 44.9 Å². The van der Waals surface area contributed by atoms with Gasteiger partial charge in [0, 0.05) is 5.56 Å². The molecule has 0 aliphatic heterocycles. The molecule has 3 aromatic rings. The third kappa shape index (κ3) is 3.99. The molecule has 0 radical (unpaired) electrons. The number of carbonyl (C=O) groups is 2. The van der Waals surface area contributed by atoms with Crippen molar-refractivity contribution in [2.24, 2.45) is 0 Å². The molecule has 8 nitrogen and oxygen atoms in total. The van der Waals surface area contributed by atoms with Crippen LogP contribution in [0.5, 0.6) is 23.0 Å². The first-order valence-corrected chi connectivity index (χ1v) is 9.75. The Morgan fingerprint density at radius 1 is 0.812 bits per heavy atom. The Balaban J connectivity index is 2.52. The van der Waals surface area contributed by atoms with Crippen molar-refractivity contribution in [3.05, 3.63) is 47.5 Å². The van der Waals surface area contributed by atoms with Gasteiger partial charge in [0.2, 0.25) is 0 Å². The molecule has 0 saturated heterocycles. The standard InChI is InChI=1S/C24H24O8/c1-6-32-24(27)22-16(23(25)26)9-14-11-19(30-4)20(31-5)12-15(14)21(22)13-7-8-17(28-2)18(10-13)29-3/h7-12H,6H2,1-5H3,(H,25,26). The molecular weight excluding hydrogens is 416 g/mol. The molecule has 0 aromatic heterocycles. The van der Waals surface area contributed by atoms with Gasteiger partial charge in [0.05, 0.1) is 46.2 Å². The van der Waals surface area contributed by atoms with Crippen LogP contribution >= 0.6 is 0 Å². The molecule has 0 aliphatic carbocycles. The van der Waals surface area contributed by atoms with Gasteiger partial charge in [-0.05, 0) is 53.6 Å². The van der Waals surface area contributed by atoms with Crippen LogP contribution in [0.3, 0.4) is 0 Å². The quantitative estimate of drug-likeness (QED) is 0.514. The lowest BCUT2D eigenvalue weighted by atomic mass is 9.89. The Labute approximate surface area is 185 Å². The lowest BCUT2D eigenvalue weighted by molar-refractivity contribution is 0.0515. The minimum atomic E-state index is -1.26. The fraction of sp³-hybridized carbons (Fsp3) is 0.250. The monoisotopic (exact) mass is 440 g/mol. The van der Waals surface area contributed by atoms with Gasteiger partial charge in [-0.1, -0.05) is 6.07 Å². The summed E-state index contributed by atoms with van der Waals surface area (Å²) in [5.41, 5.74) is 0.672. The average Bonchev–Trinajstić information content (AvgIpc) is 2.81. The second kappa shape index (κ2) is 9.47. The number of hydrogen-bond acceptors (Lipinski definition) is 7. The van der Waals surface area contributed by atoms with Crippen molar-refractivity contribution in [3.8, 4) is 34.1 Å². The van der Waals surface area contributed by atoms with E-state index in [4.69, 9.17) is 23.7 Å². The summed E-state index contributed by atoms with van der Waals surface area (Å²) in [6, 6.07) is 9.88. The highest BCUT2D eigenvalue weighted by molar-refractivity contribution is 6.15. The van der Waals surface area contributed by atoms with E-state index in [9.17, 15) is 14.7 Å². The summed E-state index contributed by atoms with van der Waals surface area (Å²) in [5, 5.41) is 11.1. The fourth-order valence-electron chi connectivity index (χ4n) is 3.60. The zero-order chi connectivity index (χ0) is 23.4. The summed E-state index contributed by atoms with van der Waals surface area (Å²) in [7, 11) is 5.99. The van der Waals surface area contributed by atoms with Crippen LogP contribution in [-0.4, -0.2) is 52.1 Å². The summed E-state index contributed by atoms with van der Waals surface area (Å²) >= 11 is 0. The number of carboxylic acid groups (broad SMARTS) is 1. The second-order valence-corrected chi connectivity index (χ2v) is 6.70. The first-order valence-electron chi connectivity index (χ1n) is 9.75. The third-order valence-electron chi connectivity index (χ3n) is 5.03. The van der Waals surface area contributed by atoms with Gasteiger partial charge >= 0.3 is 11.9 Å². The van der Waals surface area contributed by atoms with E-state index in [1.165, 1.54) is 34.5 Å². The summed E-state index contributed by atoms with van der Waals surface area (Å²) in [6.45, 7) is 1.75. The molecule has 0 aliphatic rings. The van der Waals surface area contributed by atoms with E-state index in [1.807, 2.05) is 0 Å². The van der Waals surface area contributed by atoms with E-state index in [1.54, 1.807) is 37.3 Å². The number of rotatable bonds is 8. The van der Waals surface area contributed by atoms with Gasteiger partial charge in [-0.15, -0.1) is 0 Å². The number of esters is 1. The molecule has 168 valence electrons. The molecular formula is C24H24O8. The summed E-state index contributed by atoms with van der Waals surface area (Å²) in [4.78, 5) is 25.1. The third-order valence-corrected chi connectivity index (χ3v) is 5.03. The van der Waals surface area contributed by atoms with Crippen LogP contribution in [0.4, 0.5) is 0 Å². The molecule has 0 spiro atoms. The van der Waals surface area contributed by atoms with Crippen LogP contribution < -0.4 is 18.9 Å². The molecule has 32 heavy (non-hydrogen) atoms. The lowest BCUT2D eigenvalue weighted by Crippen LogP contribution is -2.14. The highest BCUT2D eigenvalue weighted by atomic mass is 16.5. The number of hydrogen-bond donors (Lipinski definition) is 1. The zero-order valence-corrected chi connectivity index (χ0v) is 18.5. The van der Waals surface area contributed by atoms with E-state index in [2.05, 4.69) is 0 Å². The van der Waals surface area contributed by atoms with Crippen molar-refractivity contribution < 1.29 is 38.4 Å². The largest absolute Gasteiger partial charge is 0.493 e. The number of methoxy groups -OCH3 is 4. The molecule has 1 N–H and O–H groups in total. The average molecular weight is 440 g/mol. The van der Waals surface area contributed by atoms with Gasteiger partial charge in [0.1, 0.15) is 0 Å². The zero-order valence-electron chi connectivity index (χ0n) is 18.5.